The molecule has 0 unspecified atom stereocenters. The van der Waals surface area contributed by atoms with E-state index in [1.54, 1.807) is 74.7 Å². The number of aliphatic carboxylic acids is 1. The zero-order valence-electron chi connectivity index (χ0n) is 57.3. The number of primary amides is 1. The Morgan fingerprint density at radius 3 is 2.15 bits per heavy atom. The summed E-state index contributed by atoms with van der Waals surface area (Å²) < 4.78 is 16.8. The average molecular weight is 1410 g/mol. The molecule has 1 aromatic heterocycles. The zero-order valence-corrected chi connectivity index (χ0v) is 57.3. The number of nitrogens with one attached hydrogen (secondary N) is 8. The number of hydrogen-bond acceptors (Lipinski definition) is 19. The van der Waals surface area contributed by atoms with E-state index >= 15 is 0 Å². The molecule has 32 nitrogen and oxygen atoms in total. The van der Waals surface area contributed by atoms with Crippen molar-refractivity contribution in [2.75, 3.05) is 87.8 Å². The molecule has 544 valence electrons. The van der Waals surface area contributed by atoms with Crippen molar-refractivity contribution in [3.63, 3.8) is 0 Å². The number of urea groups is 1. The Kier molecular flexibility index (Phi) is 29.7. The van der Waals surface area contributed by atoms with Gasteiger partial charge in [0.15, 0.2) is 0 Å². The second-order valence-electron chi connectivity index (χ2n) is 24.4. The van der Waals surface area contributed by atoms with Gasteiger partial charge in [0.1, 0.15) is 31.1 Å². The van der Waals surface area contributed by atoms with Crippen LogP contribution < -0.4 is 58.9 Å². The van der Waals surface area contributed by atoms with Crippen LogP contribution in [0.5, 0.6) is 0 Å². The number of hydrogen-bond donors (Lipinski definition) is 11. The van der Waals surface area contributed by atoms with Crippen LogP contribution in [0.15, 0.2) is 95.6 Å². The number of aryl methyl sites for hydroxylation is 1. The van der Waals surface area contributed by atoms with Crippen molar-refractivity contribution in [2.45, 2.75) is 111 Å². The predicted molar refractivity (Wildman–Crippen MR) is 373 cm³/mol. The number of amides is 13. The molecule has 3 aliphatic heterocycles. The largest absolute Gasteiger partial charge is 0.480 e. The lowest BCUT2D eigenvalue weighted by Gasteiger charge is -2.28. The number of rotatable bonds is 37. The van der Waals surface area contributed by atoms with Gasteiger partial charge < -0.3 is 83.1 Å². The summed E-state index contributed by atoms with van der Waals surface area (Å²) in [6.45, 7) is 8.33. The lowest BCUT2D eigenvalue weighted by Crippen LogP contribution is -2.54. The minimum Gasteiger partial charge on any atom is -0.480 e. The molecule has 0 radical (unpaired) electrons. The summed E-state index contributed by atoms with van der Waals surface area (Å²) in [4.78, 5) is 179. The number of aliphatic imine (C=N–C) groups is 1. The Morgan fingerprint density at radius 1 is 0.725 bits per heavy atom. The van der Waals surface area contributed by atoms with E-state index in [1.165, 1.54) is 23.1 Å². The zero-order chi connectivity index (χ0) is 73.8. The monoisotopic (exact) mass is 1410 g/mol. The average Bonchev–Trinajstić information content (AvgIpc) is 1.49. The quantitative estimate of drug-likeness (QED) is 0.0228. The Labute approximate surface area is 588 Å². The molecular weight excluding hydrogens is 1320 g/mol. The van der Waals surface area contributed by atoms with Gasteiger partial charge in [-0.2, -0.15) is 0 Å². The fourth-order valence-electron chi connectivity index (χ4n) is 10.9. The Balaban J connectivity index is 0.815. The fourth-order valence-corrected chi connectivity index (χ4v) is 10.9. The third kappa shape index (κ3) is 23.9. The SMILES string of the molecule is CCCN(CCC)C(=O)C1=Cc2ccc(C(=O)Nc3cnc4c(c3)CN(C(=O)OCc3ccc(NC(=O)[C@H](CCCNC(N)=O)NC(=O)[C@@H](NC(=O)CCOCCOCCNC(=O)CCc5ccc(N6C(=O)C=CC6=O)cc5C(=O)NCC(=O)NCC(=O)O)C(C)C)cc3)CC4)cc2N=C(N)C1. The van der Waals surface area contributed by atoms with E-state index in [2.05, 4.69) is 52.5 Å². The van der Waals surface area contributed by atoms with Crippen molar-refractivity contribution in [2.24, 2.45) is 22.4 Å². The third-order valence-corrected chi connectivity index (χ3v) is 16.1. The summed E-state index contributed by atoms with van der Waals surface area (Å²) in [5.74, 6) is -6.93. The van der Waals surface area contributed by atoms with E-state index in [1.807, 2.05) is 18.7 Å². The van der Waals surface area contributed by atoms with Gasteiger partial charge in [-0.1, -0.05) is 52.0 Å². The number of amidine groups is 1. The maximum absolute atomic E-state index is 13.8. The summed E-state index contributed by atoms with van der Waals surface area (Å²) in [7, 11) is 0. The molecule has 0 aliphatic carbocycles. The van der Waals surface area contributed by atoms with E-state index in [0.717, 1.165) is 41.2 Å². The minimum absolute atomic E-state index is 0.0258. The first-order chi connectivity index (χ1) is 48.9. The second-order valence-corrected chi connectivity index (χ2v) is 24.4. The Hall–Kier alpha value is -11.4. The summed E-state index contributed by atoms with van der Waals surface area (Å²) in [6, 6.07) is 14.5. The number of carboxylic acids is 1. The van der Waals surface area contributed by atoms with Crippen LogP contribution in [-0.4, -0.2) is 187 Å². The van der Waals surface area contributed by atoms with Gasteiger partial charge in [0.2, 0.25) is 35.4 Å². The second kappa shape index (κ2) is 38.8. The number of carbonyl (C=O) groups is 13. The number of anilines is 3. The first-order valence-electron chi connectivity index (χ1n) is 33.5. The van der Waals surface area contributed by atoms with Crippen LogP contribution in [0.3, 0.4) is 0 Å². The van der Waals surface area contributed by atoms with Crippen LogP contribution in [0.1, 0.15) is 121 Å². The van der Waals surface area contributed by atoms with Crippen LogP contribution in [-0.2, 0) is 83.4 Å². The number of nitrogens with two attached hydrogens (primary N) is 2. The summed E-state index contributed by atoms with van der Waals surface area (Å²) in [6.07, 6.45) is 7.28. The van der Waals surface area contributed by atoms with Crippen LogP contribution in [0, 0.1) is 5.92 Å². The van der Waals surface area contributed by atoms with E-state index < -0.39 is 102 Å². The fraction of sp³-hybridized carbons (Fsp3) is 0.414. The first-order valence-corrected chi connectivity index (χ1v) is 33.5. The molecule has 3 aliphatic rings. The molecule has 0 spiro atoms. The topological polar surface area (TPSA) is 453 Å². The van der Waals surface area contributed by atoms with Crippen molar-refractivity contribution in [1.82, 2.24) is 46.7 Å². The number of carbonyl (C=O) groups excluding carboxylic acids is 12. The van der Waals surface area contributed by atoms with Crippen LogP contribution in [0.25, 0.3) is 6.08 Å². The van der Waals surface area contributed by atoms with Crippen LogP contribution >= 0.6 is 0 Å². The molecule has 13 amide bonds. The predicted octanol–water partition coefficient (Wildman–Crippen LogP) is 3.00. The van der Waals surface area contributed by atoms with Gasteiger partial charge >= 0.3 is 18.1 Å². The van der Waals surface area contributed by atoms with Crippen molar-refractivity contribution in [3.05, 3.63) is 130 Å². The molecule has 7 rings (SSSR count). The highest BCUT2D eigenvalue weighted by Crippen LogP contribution is 2.30. The van der Waals surface area contributed by atoms with E-state index in [0.29, 0.717) is 70.9 Å². The molecule has 2 atom stereocenters. The summed E-state index contributed by atoms with van der Waals surface area (Å²) in [5, 5.41) is 29.6. The molecule has 0 saturated carbocycles. The van der Waals surface area contributed by atoms with Gasteiger partial charge in [-0.25, -0.2) is 19.5 Å². The van der Waals surface area contributed by atoms with Gasteiger partial charge in [-0.3, -0.25) is 57.7 Å². The van der Waals surface area contributed by atoms with Gasteiger partial charge in [0, 0.05) is 104 Å². The van der Waals surface area contributed by atoms with Crippen molar-refractivity contribution in [1.29, 1.82) is 0 Å². The molecule has 3 aromatic carbocycles. The number of nitrogens with zero attached hydrogens (tertiary/aromatic N) is 5. The number of pyridine rings is 1. The first kappa shape index (κ1) is 77.9. The molecule has 4 aromatic rings. The van der Waals surface area contributed by atoms with Gasteiger partial charge in [-0.05, 0) is 103 Å². The number of imide groups is 1. The van der Waals surface area contributed by atoms with Crippen LogP contribution in [0.2, 0.25) is 0 Å². The molecule has 32 heteroatoms. The number of aromatic nitrogens is 1. The number of ether oxygens (including phenoxy) is 3. The Morgan fingerprint density at radius 2 is 1.45 bits per heavy atom. The van der Waals surface area contributed by atoms with E-state index in [9.17, 15) is 62.3 Å². The molecular formula is C70H87N15O17. The lowest BCUT2D eigenvalue weighted by atomic mass is 10.0. The molecule has 4 heterocycles. The highest BCUT2D eigenvalue weighted by Gasteiger charge is 2.31. The van der Waals surface area contributed by atoms with Crippen LogP contribution in [0.4, 0.5) is 32.3 Å². The van der Waals surface area contributed by atoms with Crippen molar-refractivity contribution < 1.29 is 81.6 Å². The molecule has 0 bridgehead atoms. The number of carboxylic acid groups (broad SMARTS) is 1. The highest BCUT2D eigenvalue weighted by atomic mass is 16.6. The van der Waals surface area contributed by atoms with E-state index in [-0.39, 0.29) is 114 Å². The molecule has 102 heavy (non-hydrogen) atoms. The van der Waals surface area contributed by atoms with Crippen molar-refractivity contribution in [3.8, 4) is 0 Å². The van der Waals surface area contributed by atoms with Gasteiger partial charge in [-0.15, -0.1) is 0 Å². The van der Waals surface area contributed by atoms with Crippen molar-refractivity contribution >= 4 is 112 Å². The highest BCUT2D eigenvalue weighted by molar-refractivity contribution is 6.28. The third-order valence-electron chi connectivity index (χ3n) is 16.1. The minimum atomic E-state index is -1.29. The molecule has 0 fully saturated rings. The molecule has 0 saturated heterocycles. The van der Waals surface area contributed by atoms with E-state index in [4.69, 9.17) is 30.8 Å². The number of benzene rings is 3. The maximum Gasteiger partial charge on any atom is 0.410 e. The summed E-state index contributed by atoms with van der Waals surface area (Å²) in [5.41, 5.74) is 16.8. The maximum atomic E-state index is 13.8. The Bertz CT molecular complexity index is 3850. The molecule has 13 N–H and O–H groups in total. The normalized spacial score (nSPS) is 13.6. The standard InChI is InChI=1S/C70H87N15O17/c1-5-25-83(26-6-2)68(97)47-32-45-11-12-46(34-55(45)80-56(71)35-47)64(93)79-50-33-48-40-84(27-21-53(48)75-37-50)70(99)102-41-43-9-15-49(16-10-43)78-66(95)54(8-7-23-74-69(72)98)81-67(96)63(42(3)4)82-58(87)22-28-100-30-31-101-29-24-73-57(86)18-14-44-13-17-51(85-60(89)19-20-61(85)90)36-52(44)65(94)77-38-59(88)76-39-62(91)92/h9-13,15-17,19-20,32-34,36-37,42,54,63H,5-8,14,18,21-31,35,38-41H2,1-4H3,(H2,71,80)(H,73,86)(H,76,88)(H,77,94)(H,78,95)(H,79,93)(H,81,96)(H,82,87)(H,91,92)(H3,72,74,98)/t54-,63-/m0/s1. The smallest absolute Gasteiger partial charge is 0.410 e. The number of fused-ring (bicyclic) bond motifs is 2. The summed E-state index contributed by atoms with van der Waals surface area (Å²) >= 11 is 0. The lowest BCUT2D eigenvalue weighted by molar-refractivity contribution is -0.137. The van der Waals surface area contributed by atoms with Gasteiger partial charge in [0.25, 0.3) is 23.6 Å². The van der Waals surface area contributed by atoms with Gasteiger partial charge in [0.05, 0.1) is 62.8 Å².